The maximum absolute atomic E-state index is 13.5. The van der Waals surface area contributed by atoms with E-state index in [1.807, 2.05) is 0 Å². The van der Waals surface area contributed by atoms with E-state index in [1.54, 1.807) is 19.1 Å². The van der Waals surface area contributed by atoms with Crippen molar-refractivity contribution < 1.29 is 13.6 Å². The number of carbonyl (C=O) groups excluding carboxylic acids is 1. The Morgan fingerprint density at radius 1 is 1.32 bits per heavy atom. The normalized spacial score (nSPS) is 10.3. The van der Waals surface area contributed by atoms with Crippen LogP contribution in [-0.4, -0.2) is 10.9 Å². The largest absolute Gasteiger partial charge is 0.397 e. The summed E-state index contributed by atoms with van der Waals surface area (Å²) in [4.78, 5) is 15.8. The average Bonchev–Trinajstić information content (AvgIpc) is 2.34. The predicted molar refractivity (Wildman–Crippen MR) is 67.7 cm³/mol. The molecule has 0 fully saturated rings. The van der Waals surface area contributed by atoms with Crippen LogP contribution >= 0.6 is 0 Å². The van der Waals surface area contributed by atoms with Crippen molar-refractivity contribution in [3.05, 3.63) is 53.4 Å². The van der Waals surface area contributed by atoms with Crippen molar-refractivity contribution in [2.45, 2.75) is 6.92 Å². The second kappa shape index (κ2) is 5.01. The van der Waals surface area contributed by atoms with E-state index in [0.717, 1.165) is 11.8 Å². The number of halogens is 2. The number of anilines is 2. The Morgan fingerprint density at radius 3 is 2.63 bits per heavy atom. The van der Waals surface area contributed by atoms with E-state index in [2.05, 4.69) is 10.3 Å². The third-order valence-electron chi connectivity index (χ3n) is 2.50. The van der Waals surface area contributed by atoms with Gasteiger partial charge in [-0.25, -0.2) is 8.78 Å². The Kier molecular flexibility index (Phi) is 3.41. The van der Waals surface area contributed by atoms with Crippen LogP contribution in [0.5, 0.6) is 0 Å². The summed E-state index contributed by atoms with van der Waals surface area (Å²) in [6.45, 7) is 1.78. The molecule has 1 aromatic carbocycles. The Balaban J connectivity index is 2.26. The first kappa shape index (κ1) is 12.9. The molecule has 0 aliphatic rings. The van der Waals surface area contributed by atoms with Crippen molar-refractivity contribution in [1.29, 1.82) is 0 Å². The minimum atomic E-state index is -0.925. The van der Waals surface area contributed by atoms with E-state index in [1.165, 1.54) is 6.20 Å². The number of hydrogen-bond acceptors (Lipinski definition) is 3. The molecular weight excluding hydrogens is 252 g/mol. The van der Waals surface area contributed by atoms with Gasteiger partial charge in [-0.15, -0.1) is 0 Å². The van der Waals surface area contributed by atoms with Gasteiger partial charge >= 0.3 is 0 Å². The number of nitrogens with zero attached hydrogens (tertiary/aromatic N) is 1. The topological polar surface area (TPSA) is 68.0 Å². The lowest BCUT2D eigenvalue weighted by Gasteiger charge is -2.09. The first-order valence-corrected chi connectivity index (χ1v) is 5.46. The molecule has 0 radical (unpaired) electrons. The van der Waals surface area contributed by atoms with Crippen LogP contribution in [0.25, 0.3) is 0 Å². The minimum Gasteiger partial charge on any atom is -0.397 e. The molecule has 0 aliphatic carbocycles. The molecule has 1 heterocycles. The van der Waals surface area contributed by atoms with Gasteiger partial charge in [-0.1, -0.05) is 0 Å². The third-order valence-corrected chi connectivity index (χ3v) is 2.50. The zero-order chi connectivity index (χ0) is 14.0. The molecule has 4 nitrogen and oxygen atoms in total. The minimum absolute atomic E-state index is 0.175. The summed E-state index contributed by atoms with van der Waals surface area (Å²) in [5.41, 5.74) is 6.06. The van der Waals surface area contributed by atoms with Crippen LogP contribution < -0.4 is 11.1 Å². The summed E-state index contributed by atoms with van der Waals surface area (Å²) >= 11 is 0. The van der Waals surface area contributed by atoms with E-state index in [0.29, 0.717) is 6.07 Å². The average molecular weight is 263 g/mol. The summed E-state index contributed by atoms with van der Waals surface area (Å²) in [5, 5.41) is 2.30. The highest BCUT2D eigenvalue weighted by atomic mass is 19.1. The van der Waals surface area contributed by atoms with E-state index >= 15 is 0 Å². The van der Waals surface area contributed by atoms with Gasteiger partial charge in [0.1, 0.15) is 11.5 Å². The predicted octanol–water partition coefficient (Wildman–Crippen LogP) is 2.50. The summed E-state index contributed by atoms with van der Waals surface area (Å²) in [7, 11) is 0. The summed E-state index contributed by atoms with van der Waals surface area (Å²) < 4.78 is 26.4. The summed E-state index contributed by atoms with van der Waals surface area (Å²) in [6.07, 6.45) is 1.36. The van der Waals surface area contributed by atoms with Crippen molar-refractivity contribution in [2.75, 3.05) is 11.1 Å². The Bertz CT molecular complexity index is 603. The van der Waals surface area contributed by atoms with Crippen LogP contribution in [0.3, 0.4) is 0 Å². The van der Waals surface area contributed by atoms with Crippen molar-refractivity contribution in [2.24, 2.45) is 0 Å². The van der Waals surface area contributed by atoms with Crippen molar-refractivity contribution >= 4 is 17.3 Å². The SMILES string of the molecule is Cc1ccc(C(=O)Nc2c(N)cc(F)cc2F)cn1. The highest BCUT2D eigenvalue weighted by Crippen LogP contribution is 2.24. The summed E-state index contributed by atoms with van der Waals surface area (Å²) in [6, 6.07) is 4.79. The van der Waals surface area contributed by atoms with E-state index in [4.69, 9.17) is 5.73 Å². The Morgan fingerprint density at radius 2 is 2.05 bits per heavy atom. The number of aryl methyl sites for hydroxylation is 1. The van der Waals surface area contributed by atoms with Gasteiger partial charge in [0.05, 0.1) is 11.3 Å². The zero-order valence-corrected chi connectivity index (χ0v) is 10.1. The number of nitrogens with two attached hydrogens (primary N) is 1. The molecule has 19 heavy (non-hydrogen) atoms. The number of carbonyl (C=O) groups is 1. The number of pyridine rings is 1. The number of hydrogen-bond donors (Lipinski definition) is 2. The lowest BCUT2D eigenvalue weighted by Crippen LogP contribution is -2.15. The molecule has 0 saturated heterocycles. The number of nitrogens with one attached hydrogen (secondary N) is 1. The molecule has 3 N–H and O–H groups in total. The van der Waals surface area contributed by atoms with Crippen LogP contribution in [0, 0.1) is 18.6 Å². The van der Waals surface area contributed by atoms with Crippen LogP contribution in [0.4, 0.5) is 20.2 Å². The molecule has 0 atom stereocenters. The number of nitrogen functional groups attached to an aromatic ring is 1. The Hall–Kier alpha value is -2.50. The van der Waals surface area contributed by atoms with Crippen LogP contribution in [0.1, 0.15) is 16.1 Å². The highest BCUT2D eigenvalue weighted by Gasteiger charge is 2.13. The first-order chi connectivity index (χ1) is 8.97. The number of amides is 1. The molecule has 0 saturated carbocycles. The molecule has 1 aromatic heterocycles. The number of benzene rings is 1. The number of rotatable bonds is 2. The maximum atomic E-state index is 13.5. The van der Waals surface area contributed by atoms with Crippen LogP contribution in [0.15, 0.2) is 30.5 Å². The molecule has 0 aliphatic heterocycles. The van der Waals surface area contributed by atoms with Gasteiger partial charge in [0.25, 0.3) is 5.91 Å². The van der Waals surface area contributed by atoms with Crippen molar-refractivity contribution in [1.82, 2.24) is 4.98 Å². The third kappa shape index (κ3) is 2.85. The standard InChI is InChI=1S/C13H11F2N3O/c1-7-2-3-8(6-17-7)13(19)18-12-10(15)4-9(14)5-11(12)16/h2-6H,16H2,1H3,(H,18,19). The monoisotopic (exact) mass is 263 g/mol. The molecule has 2 aromatic rings. The van der Waals surface area contributed by atoms with Gasteiger partial charge in [-0.05, 0) is 25.1 Å². The molecular formula is C13H11F2N3O. The van der Waals surface area contributed by atoms with Gasteiger partial charge in [0.15, 0.2) is 5.82 Å². The van der Waals surface area contributed by atoms with Gasteiger partial charge in [0, 0.05) is 18.0 Å². The quantitative estimate of drug-likeness (QED) is 0.818. The fraction of sp³-hybridized carbons (Fsp3) is 0.0769. The highest BCUT2D eigenvalue weighted by molar-refractivity contribution is 6.05. The maximum Gasteiger partial charge on any atom is 0.257 e. The van der Waals surface area contributed by atoms with Crippen LogP contribution in [0.2, 0.25) is 0 Å². The van der Waals surface area contributed by atoms with E-state index < -0.39 is 17.5 Å². The molecule has 0 spiro atoms. The lowest BCUT2D eigenvalue weighted by atomic mass is 10.2. The molecule has 0 bridgehead atoms. The van der Waals surface area contributed by atoms with Gasteiger partial charge < -0.3 is 11.1 Å². The van der Waals surface area contributed by atoms with E-state index in [-0.39, 0.29) is 16.9 Å². The van der Waals surface area contributed by atoms with Gasteiger partial charge in [0.2, 0.25) is 0 Å². The smallest absolute Gasteiger partial charge is 0.257 e. The fourth-order valence-electron chi connectivity index (χ4n) is 1.51. The van der Waals surface area contributed by atoms with Crippen LogP contribution in [-0.2, 0) is 0 Å². The molecule has 98 valence electrons. The lowest BCUT2D eigenvalue weighted by molar-refractivity contribution is 0.102. The van der Waals surface area contributed by atoms with Gasteiger partial charge in [-0.3, -0.25) is 9.78 Å². The van der Waals surface area contributed by atoms with Crippen molar-refractivity contribution in [3.8, 4) is 0 Å². The first-order valence-electron chi connectivity index (χ1n) is 5.46. The molecule has 0 unspecified atom stereocenters. The summed E-state index contributed by atoms with van der Waals surface area (Å²) in [5.74, 6) is -2.29. The Labute approximate surface area is 108 Å². The molecule has 1 amide bonds. The van der Waals surface area contributed by atoms with E-state index in [9.17, 15) is 13.6 Å². The zero-order valence-electron chi connectivity index (χ0n) is 10.1. The molecule has 2 rings (SSSR count). The molecule has 6 heteroatoms. The number of aromatic nitrogens is 1. The second-order valence-electron chi connectivity index (χ2n) is 3.99. The van der Waals surface area contributed by atoms with Crippen molar-refractivity contribution in [3.63, 3.8) is 0 Å². The fourth-order valence-corrected chi connectivity index (χ4v) is 1.51. The van der Waals surface area contributed by atoms with Gasteiger partial charge in [-0.2, -0.15) is 0 Å². The second-order valence-corrected chi connectivity index (χ2v) is 3.99.